The van der Waals surface area contributed by atoms with E-state index in [4.69, 9.17) is 9.26 Å². The first-order valence-corrected chi connectivity index (χ1v) is 8.25. The highest BCUT2D eigenvalue weighted by Gasteiger charge is 2.32. The van der Waals surface area contributed by atoms with Crippen LogP contribution in [0, 0.1) is 12.8 Å². The summed E-state index contributed by atoms with van der Waals surface area (Å²) in [4.78, 5) is 26.4. The summed E-state index contributed by atoms with van der Waals surface area (Å²) in [7, 11) is 0. The van der Waals surface area contributed by atoms with Crippen molar-refractivity contribution in [3.63, 3.8) is 0 Å². The van der Waals surface area contributed by atoms with Gasteiger partial charge in [0.25, 0.3) is 0 Å². The minimum absolute atomic E-state index is 0.0289. The molecule has 1 saturated carbocycles. The highest BCUT2D eigenvalue weighted by molar-refractivity contribution is 5.94. The van der Waals surface area contributed by atoms with E-state index in [1.165, 1.54) is 0 Å². The van der Waals surface area contributed by atoms with Crippen LogP contribution in [0.15, 0.2) is 10.6 Å². The van der Waals surface area contributed by atoms with E-state index in [1.54, 1.807) is 17.9 Å². The molecule has 0 spiro atoms. The van der Waals surface area contributed by atoms with Crippen molar-refractivity contribution in [1.29, 1.82) is 0 Å². The monoisotopic (exact) mass is 321 g/mol. The van der Waals surface area contributed by atoms with Crippen LogP contribution in [-0.2, 0) is 14.3 Å². The van der Waals surface area contributed by atoms with E-state index in [0.29, 0.717) is 18.1 Å². The molecule has 7 nitrogen and oxygen atoms in total. The predicted octanol–water partition coefficient (Wildman–Crippen LogP) is 1.73. The summed E-state index contributed by atoms with van der Waals surface area (Å²) < 4.78 is 10.5. The molecule has 0 radical (unpaired) electrons. The lowest BCUT2D eigenvalue weighted by Gasteiger charge is -2.32. The number of carbonyl (C=O) groups excluding carboxylic acids is 2. The van der Waals surface area contributed by atoms with E-state index in [2.05, 4.69) is 10.5 Å². The number of carbonyl (C=O) groups is 2. The molecular formula is C16H23N3O4. The molecule has 0 aromatic carbocycles. The van der Waals surface area contributed by atoms with E-state index in [0.717, 1.165) is 38.7 Å². The number of nitrogens with one attached hydrogen (secondary N) is 1. The van der Waals surface area contributed by atoms with E-state index >= 15 is 0 Å². The average Bonchev–Trinajstić information content (AvgIpc) is 3.08. The zero-order chi connectivity index (χ0) is 16.2. The molecule has 0 bridgehead atoms. The molecule has 2 heterocycles. The van der Waals surface area contributed by atoms with Gasteiger partial charge in [-0.15, -0.1) is 0 Å². The molecule has 0 unspecified atom stereocenters. The summed E-state index contributed by atoms with van der Waals surface area (Å²) in [6, 6.07) is 1.65. The number of nitrogens with zero attached hydrogens (tertiary/aromatic N) is 2. The number of aryl methyl sites for hydroxylation is 1. The first-order chi connectivity index (χ1) is 11.1. The molecule has 1 aliphatic heterocycles. The van der Waals surface area contributed by atoms with Crippen molar-refractivity contribution in [3.05, 3.63) is 11.8 Å². The summed E-state index contributed by atoms with van der Waals surface area (Å²) in [5.74, 6) is 0.878. The van der Waals surface area contributed by atoms with Crippen LogP contribution >= 0.6 is 0 Å². The average molecular weight is 321 g/mol. The quantitative estimate of drug-likeness (QED) is 0.862. The molecule has 1 N–H and O–H groups in total. The Hall–Kier alpha value is -1.89. The Morgan fingerprint density at radius 2 is 2.17 bits per heavy atom. The zero-order valence-electron chi connectivity index (χ0n) is 13.4. The van der Waals surface area contributed by atoms with Gasteiger partial charge in [-0.25, -0.2) is 0 Å². The SMILES string of the molecule is Cc1cc(NC(=O)CN(C[C@@H]2CCCO2)C(=O)C2CCC2)no1. The number of ether oxygens (including phenoxy) is 1. The highest BCUT2D eigenvalue weighted by Crippen LogP contribution is 2.28. The van der Waals surface area contributed by atoms with Crippen molar-refractivity contribution < 1.29 is 18.8 Å². The van der Waals surface area contributed by atoms with Crippen LogP contribution in [0.2, 0.25) is 0 Å². The van der Waals surface area contributed by atoms with Gasteiger partial charge in [0.15, 0.2) is 5.82 Å². The molecule has 2 amide bonds. The third-order valence-corrected chi connectivity index (χ3v) is 4.44. The Kier molecular flexibility index (Phi) is 4.95. The van der Waals surface area contributed by atoms with Crippen molar-refractivity contribution >= 4 is 17.6 Å². The minimum Gasteiger partial charge on any atom is -0.376 e. The number of anilines is 1. The first kappa shape index (κ1) is 16.0. The van der Waals surface area contributed by atoms with Gasteiger partial charge in [0.05, 0.1) is 6.10 Å². The molecule has 3 rings (SSSR count). The van der Waals surface area contributed by atoms with Crippen molar-refractivity contribution in [2.45, 2.75) is 45.1 Å². The summed E-state index contributed by atoms with van der Waals surface area (Å²) in [6.45, 7) is 3.01. The largest absolute Gasteiger partial charge is 0.376 e. The van der Waals surface area contributed by atoms with Crippen LogP contribution in [0.1, 0.15) is 37.9 Å². The van der Waals surface area contributed by atoms with Crippen LogP contribution in [0.5, 0.6) is 0 Å². The van der Waals surface area contributed by atoms with Crippen LogP contribution in [0.4, 0.5) is 5.82 Å². The highest BCUT2D eigenvalue weighted by atomic mass is 16.5. The Balaban J connectivity index is 1.59. The fourth-order valence-electron chi connectivity index (χ4n) is 2.96. The number of rotatable bonds is 6. The Bertz CT molecular complexity index is 561. The van der Waals surface area contributed by atoms with Gasteiger partial charge in [-0.1, -0.05) is 11.6 Å². The Morgan fingerprint density at radius 3 is 2.74 bits per heavy atom. The van der Waals surface area contributed by atoms with E-state index in [9.17, 15) is 9.59 Å². The third kappa shape index (κ3) is 4.10. The molecule has 1 atom stereocenters. The van der Waals surface area contributed by atoms with Gasteiger partial charge in [-0.3, -0.25) is 9.59 Å². The standard InChI is InChI=1S/C16H23N3O4/c1-11-8-14(18-23-11)17-15(20)10-19(9-13-6-3-7-22-13)16(21)12-4-2-5-12/h8,12-13H,2-7,9-10H2,1H3,(H,17,18,20)/t13-/m0/s1. The molecule has 1 aromatic heterocycles. The maximum absolute atomic E-state index is 12.6. The fourth-order valence-corrected chi connectivity index (χ4v) is 2.96. The second kappa shape index (κ2) is 7.12. The van der Waals surface area contributed by atoms with Crippen molar-refractivity contribution in [2.24, 2.45) is 5.92 Å². The normalized spacial score (nSPS) is 21.0. The fraction of sp³-hybridized carbons (Fsp3) is 0.688. The van der Waals surface area contributed by atoms with Gasteiger partial charge >= 0.3 is 0 Å². The molecule has 2 fully saturated rings. The van der Waals surface area contributed by atoms with Gasteiger partial charge in [0, 0.05) is 25.1 Å². The van der Waals surface area contributed by atoms with Crippen LogP contribution in [0.3, 0.4) is 0 Å². The predicted molar refractivity (Wildman–Crippen MR) is 82.8 cm³/mol. The minimum atomic E-state index is -0.260. The van der Waals surface area contributed by atoms with E-state index < -0.39 is 0 Å². The number of amides is 2. The summed E-state index contributed by atoms with van der Waals surface area (Å²) in [6.07, 6.45) is 4.94. The molecule has 1 saturated heterocycles. The molecular weight excluding hydrogens is 298 g/mol. The molecule has 7 heteroatoms. The topological polar surface area (TPSA) is 84.7 Å². The first-order valence-electron chi connectivity index (χ1n) is 8.25. The molecule has 126 valence electrons. The van der Waals surface area contributed by atoms with E-state index in [-0.39, 0.29) is 30.4 Å². The van der Waals surface area contributed by atoms with Crippen LogP contribution in [0.25, 0.3) is 0 Å². The number of hydrogen-bond acceptors (Lipinski definition) is 5. The van der Waals surface area contributed by atoms with Crippen molar-refractivity contribution in [2.75, 3.05) is 25.0 Å². The molecule has 1 aromatic rings. The second-order valence-corrected chi connectivity index (χ2v) is 6.35. The van der Waals surface area contributed by atoms with Gasteiger partial charge in [-0.2, -0.15) is 0 Å². The van der Waals surface area contributed by atoms with Gasteiger partial charge in [0.2, 0.25) is 11.8 Å². The van der Waals surface area contributed by atoms with Gasteiger partial charge in [0.1, 0.15) is 12.3 Å². The van der Waals surface area contributed by atoms with Gasteiger partial charge < -0.3 is 19.5 Å². The lowest BCUT2D eigenvalue weighted by Crippen LogP contribution is -2.46. The summed E-state index contributed by atoms with van der Waals surface area (Å²) >= 11 is 0. The maximum atomic E-state index is 12.6. The molecule has 2 aliphatic rings. The van der Waals surface area contributed by atoms with E-state index in [1.807, 2.05) is 0 Å². The lowest BCUT2D eigenvalue weighted by atomic mass is 9.84. The summed E-state index contributed by atoms with van der Waals surface area (Å²) in [5, 5.41) is 6.41. The molecule has 23 heavy (non-hydrogen) atoms. The van der Waals surface area contributed by atoms with Crippen LogP contribution < -0.4 is 5.32 Å². The van der Waals surface area contributed by atoms with Gasteiger partial charge in [-0.05, 0) is 32.6 Å². The third-order valence-electron chi connectivity index (χ3n) is 4.44. The van der Waals surface area contributed by atoms with Crippen molar-refractivity contribution in [3.8, 4) is 0 Å². The zero-order valence-corrected chi connectivity index (χ0v) is 13.4. The Morgan fingerprint density at radius 1 is 1.35 bits per heavy atom. The Labute approximate surface area is 135 Å². The maximum Gasteiger partial charge on any atom is 0.245 e. The van der Waals surface area contributed by atoms with Crippen LogP contribution in [-0.4, -0.2) is 47.7 Å². The smallest absolute Gasteiger partial charge is 0.245 e. The number of hydrogen-bond donors (Lipinski definition) is 1. The lowest BCUT2D eigenvalue weighted by molar-refractivity contribution is -0.142. The summed E-state index contributed by atoms with van der Waals surface area (Å²) in [5.41, 5.74) is 0. The molecule has 1 aliphatic carbocycles. The van der Waals surface area contributed by atoms with Crippen molar-refractivity contribution in [1.82, 2.24) is 10.1 Å². The second-order valence-electron chi connectivity index (χ2n) is 6.35. The number of aromatic nitrogens is 1.